The monoisotopic (exact) mass is 344 g/mol. The van der Waals surface area contributed by atoms with E-state index < -0.39 is 47.6 Å². The molecule has 3 aliphatic heterocycles. The highest BCUT2D eigenvalue weighted by molar-refractivity contribution is 5.90. The minimum Gasteiger partial charge on any atom is -0.467 e. The van der Waals surface area contributed by atoms with Crippen LogP contribution in [0, 0.1) is 0 Å². The Hall–Kier alpha value is -1.22. The van der Waals surface area contributed by atoms with Crippen LogP contribution in [0.3, 0.4) is 0 Å². The Morgan fingerprint density at radius 3 is 2.46 bits per heavy atom. The van der Waals surface area contributed by atoms with Crippen LogP contribution < -0.4 is 0 Å². The molecule has 0 aliphatic carbocycles. The maximum Gasteiger partial charge on any atom is 0.341 e. The third kappa shape index (κ3) is 2.52. The molecule has 0 amide bonds. The van der Waals surface area contributed by atoms with Crippen molar-refractivity contribution in [1.29, 1.82) is 0 Å². The molecule has 3 aliphatic rings. The van der Waals surface area contributed by atoms with Gasteiger partial charge in [0.2, 0.25) is 11.9 Å². The second-order valence-electron chi connectivity index (χ2n) is 6.78. The van der Waals surface area contributed by atoms with Gasteiger partial charge < -0.3 is 28.4 Å². The minimum atomic E-state index is -1.61. The summed E-state index contributed by atoms with van der Waals surface area (Å²) in [6, 6.07) is 0. The summed E-state index contributed by atoms with van der Waals surface area (Å²) < 4.78 is 33.7. The van der Waals surface area contributed by atoms with Gasteiger partial charge in [-0.25, -0.2) is 9.59 Å². The molecule has 8 nitrogen and oxygen atoms in total. The Morgan fingerprint density at radius 1 is 1.21 bits per heavy atom. The van der Waals surface area contributed by atoms with Crippen molar-refractivity contribution >= 4 is 11.9 Å². The van der Waals surface area contributed by atoms with Crippen LogP contribution in [0.25, 0.3) is 0 Å². The molecule has 0 radical (unpaired) electrons. The number of ether oxygens (including phenoxy) is 6. The van der Waals surface area contributed by atoms with Gasteiger partial charge in [-0.1, -0.05) is 13.8 Å². The Morgan fingerprint density at radius 2 is 1.88 bits per heavy atom. The van der Waals surface area contributed by atoms with Crippen molar-refractivity contribution in [2.75, 3.05) is 7.11 Å². The van der Waals surface area contributed by atoms with Gasteiger partial charge in [-0.2, -0.15) is 0 Å². The zero-order valence-corrected chi connectivity index (χ0v) is 14.6. The Kier molecular flexibility index (Phi) is 4.15. The van der Waals surface area contributed by atoms with Crippen LogP contribution >= 0.6 is 0 Å². The molecule has 3 heterocycles. The standard InChI is InChI=1S/C16H24O8/c1-6-15(7-2)22-10-11(17)20-12-9(21-14(3,4)23-12)8-16(10,24-15)13(18)19-5/h9-10,12H,6-8H2,1-5H3/t9-,10+,12-,16-/m1/s1. The van der Waals surface area contributed by atoms with Crippen molar-refractivity contribution in [1.82, 2.24) is 0 Å². The summed E-state index contributed by atoms with van der Waals surface area (Å²) in [5.41, 5.74) is -1.61. The number of rotatable bonds is 3. The smallest absolute Gasteiger partial charge is 0.341 e. The summed E-state index contributed by atoms with van der Waals surface area (Å²) in [5.74, 6) is -3.36. The third-order valence-electron chi connectivity index (χ3n) is 4.82. The van der Waals surface area contributed by atoms with Gasteiger partial charge in [-0.3, -0.25) is 0 Å². The highest BCUT2D eigenvalue weighted by Gasteiger charge is 2.68. The topological polar surface area (TPSA) is 89.5 Å². The van der Waals surface area contributed by atoms with E-state index in [9.17, 15) is 9.59 Å². The summed E-state index contributed by atoms with van der Waals surface area (Å²) in [4.78, 5) is 25.2. The fourth-order valence-corrected chi connectivity index (χ4v) is 3.59. The molecule has 0 bridgehead atoms. The van der Waals surface area contributed by atoms with E-state index in [1.165, 1.54) is 7.11 Å². The molecule has 3 fully saturated rings. The van der Waals surface area contributed by atoms with Crippen molar-refractivity contribution in [3.05, 3.63) is 0 Å². The Bertz CT molecular complexity index is 540. The van der Waals surface area contributed by atoms with Crippen molar-refractivity contribution < 1.29 is 38.0 Å². The highest BCUT2D eigenvalue weighted by Crippen LogP contribution is 2.48. The second kappa shape index (κ2) is 5.66. The lowest BCUT2D eigenvalue weighted by molar-refractivity contribution is -0.217. The van der Waals surface area contributed by atoms with Gasteiger partial charge in [0.05, 0.1) is 7.11 Å². The molecular formula is C16H24O8. The van der Waals surface area contributed by atoms with Crippen molar-refractivity contribution in [3.63, 3.8) is 0 Å². The van der Waals surface area contributed by atoms with E-state index in [2.05, 4.69) is 0 Å². The van der Waals surface area contributed by atoms with Crippen LogP contribution in [-0.4, -0.2) is 54.7 Å². The molecule has 136 valence electrons. The maximum atomic E-state index is 12.6. The van der Waals surface area contributed by atoms with Crippen molar-refractivity contribution in [2.45, 2.75) is 82.6 Å². The molecule has 8 heteroatoms. The molecule has 3 rings (SSSR count). The number of esters is 2. The van der Waals surface area contributed by atoms with E-state index >= 15 is 0 Å². The molecule has 0 spiro atoms. The fourth-order valence-electron chi connectivity index (χ4n) is 3.59. The van der Waals surface area contributed by atoms with Crippen molar-refractivity contribution in [3.8, 4) is 0 Å². The molecule has 0 aromatic carbocycles. The van der Waals surface area contributed by atoms with E-state index in [0.29, 0.717) is 12.8 Å². The molecule has 0 saturated carbocycles. The number of fused-ring (bicyclic) bond motifs is 2. The predicted octanol–water partition coefficient (Wildman–Crippen LogP) is 1.25. The average Bonchev–Trinajstić information content (AvgIpc) is 2.99. The van der Waals surface area contributed by atoms with Gasteiger partial charge in [0, 0.05) is 6.42 Å². The lowest BCUT2D eigenvalue weighted by Gasteiger charge is -2.31. The average molecular weight is 344 g/mol. The zero-order chi connectivity index (χ0) is 17.8. The zero-order valence-electron chi connectivity index (χ0n) is 14.6. The predicted molar refractivity (Wildman–Crippen MR) is 78.6 cm³/mol. The second-order valence-corrected chi connectivity index (χ2v) is 6.78. The molecule has 0 aromatic rings. The molecule has 0 aromatic heterocycles. The number of carbonyl (C=O) groups is 2. The SMILES string of the molecule is CCC1(CC)O[C@H]2C(=O)O[C@@H]3OC(C)(C)O[C@@H]3C[C@@]2(C(=O)OC)O1. The number of hydrogen-bond acceptors (Lipinski definition) is 8. The van der Waals surface area contributed by atoms with Crippen LogP contribution in [0.1, 0.15) is 47.0 Å². The van der Waals surface area contributed by atoms with Crippen LogP contribution in [0.4, 0.5) is 0 Å². The van der Waals surface area contributed by atoms with Crippen LogP contribution in [0.2, 0.25) is 0 Å². The Labute approximate surface area is 140 Å². The summed E-state index contributed by atoms with van der Waals surface area (Å²) in [6.07, 6.45) is -1.78. The van der Waals surface area contributed by atoms with E-state index in [4.69, 9.17) is 28.4 Å². The lowest BCUT2D eigenvalue weighted by Crippen LogP contribution is -2.53. The van der Waals surface area contributed by atoms with E-state index in [0.717, 1.165) is 0 Å². The first-order valence-electron chi connectivity index (χ1n) is 8.23. The van der Waals surface area contributed by atoms with Crippen molar-refractivity contribution in [2.24, 2.45) is 0 Å². The minimum absolute atomic E-state index is 0.0475. The van der Waals surface area contributed by atoms with Crippen LogP contribution in [0.15, 0.2) is 0 Å². The first-order chi connectivity index (χ1) is 11.2. The maximum absolute atomic E-state index is 12.6. The number of methoxy groups -OCH3 is 1. The largest absolute Gasteiger partial charge is 0.467 e. The highest BCUT2D eigenvalue weighted by atomic mass is 16.8. The van der Waals surface area contributed by atoms with E-state index in [-0.39, 0.29) is 6.42 Å². The Balaban J connectivity index is 2.02. The van der Waals surface area contributed by atoms with E-state index in [1.807, 2.05) is 13.8 Å². The molecule has 4 atom stereocenters. The first-order valence-corrected chi connectivity index (χ1v) is 8.23. The van der Waals surface area contributed by atoms with Gasteiger partial charge in [0.15, 0.2) is 17.7 Å². The third-order valence-corrected chi connectivity index (χ3v) is 4.82. The summed E-state index contributed by atoms with van der Waals surface area (Å²) in [5, 5.41) is 0. The fraction of sp³-hybridized carbons (Fsp3) is 0.875. The molecule has 3 saturated heterocycles. The molecular weight excluding hydrogens is 320 g/mol. The summed E-state index contributed by atoms with van der Waals surface area (Å²) in [6.45, 7) is 7.16. The van der Waals surface area contributed by atoms with Gasteiger partial charge >= 0.3 is 11.9 Å². The van der Waals surface area contributed by atoms with Gasteiger partial charge in [0.25, 0.3) is 0 Å². The van der Waals surface area contributed by atoms with Crippen LogP contribution in [0.5, 0.6) is 0 Å². The first kappa shape index (κ1) is 17.6. The van der Waals surface area contributed by atoms with E-state index in [1.54, 1.807) is 13.8 Å². The molecule has 0 unspecified atom stereocenters. The normalized spacial score (nSPS) is 39.5. The molecule has 24 heavy (non-hydrogen) atoms. The van der Waals surface area contributed by atoms with Gasteiger partial charge in [-0.05, 0) is 26.7 Å². The quantitative estimate of drug-likeness (QED) is 0.707. The van der Waals surface area contributed by atoms with Crippen LogP contribution in [-0.2, 0) is 38.0 Å². The number of carbonyl (C=O) groups excluding carboxylic acids is 2. The lowest BCUT2D eigenvalue weighted by atomic mass is 9.90. The summed E-state index contributed by atoms with van der Waals surface area (Å²) >= 11 is 0. The van der Waals surface area contributed by atoms with Gasteiger partial charge in [-0.15, -0.1) is 0 Å². The molecule has 0 N–H and O–H groups in total. The number of hydrogen-bond donors (Lipinski definition) is 0. The van der Waals surface area contributed by atoms with Gasteiger partial charge in [0.1, 0.15) is 6.10 Å². The summed E-state index contributed by atoms with van der Waals surface area (Å²) in [7, 11) is 1.25.